The van der Waals surface area contributed by atoms with Crippen LogP contribution in [0.1, 0.15) is 15.9 Å². The molecule has 2 aromatic carbocycles. The van der Waals surface area contributed by atoms with Crippen LogP contribution in [0.4, 0.5) is 5.69 Å². The molecule has 0 radical (unpaired) electrons. The van der Waals surface area contributed by atoms with Gasteiger partial charge in [-0.05, 0) is 31.2 Å². The smallest absolute Gasteiger partial charge is 0.349 e. The second-order valence-corrected chi connectivity index (χ2v) is 6.94. The van der Waals surface area contributed by atoms with E-state index in [9.17, 15) is 9.59 Å². The fourth-order valence-electron chi connectivity index (χ4n) is 3.52. The number of para-hydroxylation sites is 1. The van der Waals surface area contributed by atoms with Gasteiger partial charge in [0.15, 0.2) is 11.3 Å². The van der Waals surface area contributed by atoms with Crippen molar-refractivity contribution < 1.29 is 13.9 Å². The molecule has 6 nitrogen and oxygen atoms in total. The van der Waals surface area contributed by atoms with E-state index in [0.717, 1.165) is 18.8 Å². The van der Waals surface area contributed by atoms with Crippen molar-refractivity contribution in [2.75, 3.05) is 38.2 Å². The SMILES string of the molecule is COc1cccc2cc(C(=O)N3CCN(c4ccc(C)cc4)CC3)c(=O)oc12. The average Bonchev–Trinajstić information content (AvgIpc) is 2.73. The number of benzene rings is 2. The highest BCUT2D eigenvalue weighted by Crippen LogP contribution is 2.25. The normalized spacial score (nSPS) is 14.4. The fraction of sp³-hybridized carbons (Fsp3) is 0.273. The Morgan fingerprint density at radius 1 is 1.04 bits per heavy atom. The van der Waals surface area contributed by atoms with Crippen LogP contribution in [-0.2, 0) is 0 Å². The number of hydrogen-bond acceptors (Lipinski definition) is 5. The Labute approximate surface area is 162 Å². The number of anilines is 1. The summed E-state index contributed by atoms with van der Waals surface area (Å²) in [5.74, 6) is 0.183. The van der Waals surface area contributed by atoms with Crippen molar-refractivity contribution in [3.05, 3.63) is 70.1 Å². The van der Waals surface area contributed by atoms with Gasteiger partial charge in [-0.2, -0.15) is 0 Å². The summed E-state index contributed by atoms with van der Waals surface area (Å²) in [7, 11) is 1.52. The number of amides is 1. The fourth-order valence-corrected chi connectivity index (χ4v) is 3.52. The Balaban J connectivity index is 1.53. The van der Waals surface area contributed by atoms with Crippen molar-refractivity contribution in [3.63, 3.8) is 0 Å². The predicted molar refractivity (Wildman–Crippen MR) is 108 cm³/mol. The summed E-state index contributed by atoms with van der Waals surface area (Å²) < 4.78 is 10.6. The van der Waals surface area contributed by atoms with Crippen LogP contribution in [0.15, 0.2) is 57.7 Å². The zero-order valence-corrected chi connectivity index (χ0v) is 16.0. The lowest BCUT2D eigenvalue weighted by Crippen LogP contribution is -2.49. The largest absolute Gasteiger partial charge is 0.493 e. The molecule has 1 saturated heterocycles. The number of hydrogen-bond donors (Lipinski definition) is 0. The number of carbonyl (C=O) groups is 1. The molecule has 0 atom stereocenters. The lowest BCUT2D eigenvalue weighted by Gasteiger charge is -2.36. The first-order valence-electron chi connectivity index (χ1n) is 9.28. The van der Waals surface area contributed by atoms with Crippen molar-refractivity contribution in [2.24, 2.45) is 0 Å². The van der Waals surface area contributed by atoms with Crippen LogP contribution >= 0.6 is 0 Å². The van der Waals surface area contributed by atoms with Gasteiger partial charge in [-0.1, -0.05) is 29.8 Å². The molecule has 0 aliphatic carbocycles. The minimum absolute atomic E-state index is 0.0598. The molecule has 1 fully saturated rings. The van der Waals surface area contributed by atoms with Crippen LogP contribution in [0.25, 0.3) is 11.0 Å². The van der Waals surface area contributed by atoms with Crippen LogP contribution in [-0.4, -0.2) is 44.1 Å². The van der Waals surface area contributed by atoms with Gasteiger partial charge < -0.3 is 19.0 Å². The van der Waals surface area contributed by atoms with E-state index in [4.69, 9.17) is 9.15 Å². The number of fused-ring (bicyclic) bond motifs is 1. The van der Waals surface area contributed by atoms with E-state index in [2.05, 4.69) is 36.1 Å². The molecule has 2 heterocycles. The lowest BCUT2D eigenvalue weighted by molar-refractivity contribution is 0.0742. The van der Waals surface area contributed by atoms with E-state index in [-0.39, 0.29) is 11.5 Å². The third kappa shape index (κ3) is 3.33. The highest BCUT2D eigenvalue weighted by molar-refractivity contribution is 5.97. The van der Waals surface area contributed by atoms with Gasteiger partial charge in [0.1, 0.15) is 5.56 Å². The molecule has 144 valence electrons. The van der Waals surface area contributed by atoms with E-state index in [1.165, 1.54) is 12.7 Å². The number of piperazine rings is 1. The zero-order valence-electron chi connectivity index (χ0n) is 16.0. The molecule has 0 saturated carbocycles. The number of nitrogens with zero attached hydrogens (tertiary/aromatic N) is 2. The van der Waals surface area contributed by atoms with Crippen molar-refractivity contribution in [3.8, 4) is 5.75 Å². The van der Waals surface area contributed by atoms with Crippen LogP contribution in [0.3, 0.4) is 0 Å². The van der Waals surface area contributed by atoms with Gasteiger partial charge in [0.05, 0.1) is 7.11 Å². The summed E-state index contributed by atoms with van der Waals surface area (Å²) in [6.45, 7) is 4.62. The van der Waals surface area contributed by atoms with E-state index < -0.39 is 5.63 Å². The monoisotopic (exact) mass is 378 g/mol. The molecule has 28 heavy (non-hydrogen) atoms. The Bertz CT molecular complexity index is 1060. The number of aryl methyl sites for hydroxylation is 1. The number of methoxy groups -OCH3 is 1. The van der Waals surface area contributed by atoms with Crippen molar-refractivity contribution in [1.29, 1.82) is 0 Å². The summed E-state index contributed by atoms with van der Waals surface area (Å²) in [6, 6.07) is 15.3. The maximum Gasteiger partial charge on any atom is 0.349 e. The third-order valence-electron chi connectivity index (χ3n) is 5.14. The van der Waals surface area contributed by atoms with Crippen LogP contribution in [0.2, 0.25) is 0 Å². The summed E-state index contributed by atoms with van der Waals surface area (Å²) in [4.78, 5) is 29.3. The molecule has 0 spiro atoms. The highest BCUT2D eigenvalue weighted by atomic mass is 16.5. The maximum atomic E-state index is 12.9. The molecule has 4 rings (SSSR count). The molecule has 0 unspecified atom stereocenters. The standard InChI is InChI=1S/C22H22N2O4/c1-15-6-8-17(9-7-15)23-10-12-24(13-11-23)21(25)18-14-16-4-3-5-19(27-2)20(16)28-22(18)26/h3-9,14H,10-13H2,1-2H3. The Kier molecular flexibility index (Phi) is 4.77. The maximum absolute atomic E-state index is 12.9. The second kappa shape index (κ2) is 7.38. The first-order chi connectivity index (χ1) is 13.6. The van der Waals surface area contributed by atoms with Gasteiger partial charge in [0.25, 0.3) is 5.91 Å². The van der Waals surface area contributed by atoms with E-state index in [1.54, 1.807) is 29.2 Å². The lowest BCUT2D eigenvalue weighted by atomic mass is 10.1. The Hall–Kier alpha value is -3.28. The summed E-state index contributed by atoms with van der Waals surface area (Å²) >= 11 is 0. The quantitative estimate of drug-likeness (QED) is 0.656. The molecule has 6 heteroatoms. The summed E-state index contributed by atoms with van der Waals surface area (Å²) in [5, 5.41) is 0.667. The second-order valence-electron chi connectivity index (χ2n) is 6.94. The van der Waals surface area contributed by atoms with E-state index in [1.807, 2.05) is 0 Å². The van der Waals surface area contributed by atoms with Gasteiger partial charge in [0.2, 0.25) is 0 Å². The molecule has 1 aliphatic heterocycles. The zero-order chi connectivity index (χ0) is 19.7. The molecular formula is C22H22N2O4. The van der Waals surface area contributed by atoms with Gasteiger partial charge >= 0.3 is 5.63 Å². The summed E-state index contributed by atoms with van der Waals surface area (Å²) in [5.41, 5.74) is 2.15. The van der Waals surface area contributed by atoms with Crippen LogP contribution < -0.4 is 15.3 Å². The Morgan fingerprint density at radius 3 is 2.43 bits per heavy atom. The minimum Gasteiger partial charge on any atom is -0.493 e. The highest BCUT2D eigenvalue weighted by Gasteiger charge is 2.25. The average molecular weight is 378 g/mol. The Morgan fingerprint density at radius 2 is 1.75 bits per heavy atom. The molecule has 3 aromatic rings. The van der Waals surface area contributed by atoms with Crippen LogP contribution in [0.5, 0.6) is 5.75 Å². The first kappa shape index (κ1) is 18.1. The molecule has 1 amide bonds. The number of carbonyl (C=O) groups excluding carboxylic acids is 1. The first-order valence-corrected chi connectivity index (χ1v) is 9.28. The molecule has 0 N–H and O–H groups in total. The molecule has 1 aromatic heterocycles. The van der Waals surface area contributed by atoms with E-state index >= 15 is 0 Å². The minimum atomic E-state index is -0.636. The van der Waals surface area contributed by atoms with Gasteiger partial charge in [-0.3, -0.25) is 4.79 Å². The summed E-state index contributed by atoms with van der Waals surface area (Å²) in [6.07, 6.45) is 0. The van der Waals surface area contributed by atoms with Crippen molar-refractivity contribution in [1.82, 2.24) is 4.90 Å². The topological polar surface area (TPSA) is 63.0 Å². The molecule has 1 aliphatic rings. The third-order valence-corrected chi connectivity index (χ3v) is 5.14. The van der Waals surface area contributed by atoms with E-state index in [0.29, 0.717) is 29.8 Å². The molecular weight excluding hydrogens is 356 g/mol. The number of ether oxygens (including phenoxy) is 1. The van der Waals surface area contributed by atoms with Crippen LogP contribution in [0, 0.1) is 6.92 Å². The molecule has 0 bridgehead atoms. The predicted octanol–water partition coefficient (Wildman–Crippen LogP) is 3.07. The van der Waals surface area contributed by atoms with Crippen molar-refractivity contribution in [2.45, 2.75) is 6.92 Å². The van der Waals surface area contributed by atoms with Gasteiger partial charge in [0, 0.05) is 37.3 Å². The van der Waals surface area contributed by atoms with Gasteiger partial charge in [-0.25, -0.2) is 4.79 Å². The number of rotatable bonds is 3. The van der Waals surface area contributed by atoms with Crippen molar-refractivity contribution >= 4 is 22.6 Å². The van der Waals surface area contributed by atoms with Gasteiger partial charge in [-0.15, -0.1) is 0 Å².